The molecule has 0 saturated carbocycles. The average molecular weight is 376 g/mol. The van der Waals surface area contributed by atoms with Crippen LogP contribution < -0.4 is 4.74 Å². The van der Waals surface area contributed by atoms with Crippen LogP contribution in [0.3, 0.4) is 0 Å². The molecule has 0 saturated heterocycles. The molecular formula is C23H21FN2O2. The first-order chi connectivity index (χ1) is 13.6. The van der Waals surface area contributed by atoms with Gasteiger partial charge in [-0.3, -0.25) is 4.98 Å². The zero-order valence-corrected chi connectivity index (χ0v) is 15.8. The maximum atomic E-state index is 14.5. The van der Waals surface area contributed by atoms with Gasteiger partial charge in [0.15, 0.2) is 0 Å². The second kappa shape index (κ2) is 7.44. The summed E-state index contributed by atoms with van der Waals surface area (Å²) >= 11 is 0. The van der Waals surface area contributed by atoms with Gasteiger partial charge in [-0.1, -0.05) is 12.1 Å². The molecule has 0 atom stereocenters. The van der Waals surface area contributed by atoms with Gasteiger partial charge in [-0.2, -0.15) is 0 Å². The Kier molecular flexibility index (Phi) is 4.84. The van der Waals surface area contributed by atoms with Crippen molar-refractivity contribution in [2.45, 2.75) is 20.1 Å². The number of aromatic nitrogens is 2. The van der Waals surface area contributed by atoms with Gasteiger partial charge >= 0.3 is 0 Å². The highest BCUT2D eigenvalue weighted by Crippen LogP contribution is 2.37. The molecule has 2 aromatic carbocycles. The minimum Gasteiger partial charge on any atom is -0.497 e. The predicted molar refractivity (Wildman–Crippen MR) is 108 cm³/mol. The number of methoxy groups -OCH3 is 1. The molecule has 0 radical (unpaired) electrons. The highest BCUT2D eigenvalue weighted by molar-refractivity contribution is 5.99. The molecule has 0 unspecified atom stereocenters. The van der Waals surface area contributed by atoms with Gasteiger partial charge in [0, 0.05) is 34.4 Å². The summed E-state index contributed by atoms with van der Waals surface area (Å²) < 4.78 is 21.9. The van der Waals surface area contributed by atoms with Crippen molar-refractivity contribution in [1.82, 2.24) is 9.55 Å². The van der Waals surface area contributed by atoms with Gasteiger partial charge in [0.05, 0.1) is 26.0 Å². The summed E-state index contributed by atoms with van der Waals surface area (Å²) in [6, 6.07) is 14.8. The molecule has 0 aliphatic heterocycles. The topological polar surface area (TPSA) is 47.3 Å². The summed E-state index contributed by atoms with van der Waals surface area (Å²) in [5, 5.41) is 11.2. The van der Waals surface area contributed by atoms with Crippen molar-refractivity contribution in [3.63, 3.8) is 0 Å². The van der Waals surface area contributed by atoms with Gasteiger partial charge in [-0.15, -0.1) is 0 Å². The molecule has 28 heavy (non-hydrogen) atoms. The monoisotopic (exact) mass is 376 g/mol. The van der Waals surface area contributed by atoms with E-state index in [4.69, 9.17) is 4.74 Å². The number of benzene rings is 2. The number of hydrogen-bond acceptors (Lipinski definition) is 3. The first kappa shape index (κ1) is 18.2. The molecule has 0 aliphatic rings. The van der Waals surface area contributed by atoms with Crippen molar-refractivity contribution in [3.8, 4) is 16.9 Å². The van der Waals surface area contributed by atoms with Crippen LogP contribution in [0.25, 0.3) is 22.0 Å². The van der Waals surface area contributed by atoms with Crippen LogP contribution in [-0.2, 0) is 13.2 Å². The SMILES string of the molecule is COc1ccc2c(c1)c(-c1ccncc1)c(CO)n2Cc1ccc(C)cc1F. The van der Waals surface area contributed by atoms with Crippen LogP contribution in [0.1, 0.15) is 16.8 Å². The lowest BCUT2D eigenvalue weighted by atomic mass is 10.0. The van der Waals surface area contributed by atoms with Crippen LogP contribution in [0.5, 0.6) is 5.75 Å². The van der Waals surface area contributed by atoms with Gasteiger partial charge in [-0.05, 0) is 54.4 Å². The summed E-state index contributed by atoms with van der Waals surface area (Å²) in [6.07, 6.45) is 3.44. The van der Waals surface area contributed by atoms with Crippen molar-refractivity contribution in [2.24, 2.45) is 0 Å². The summed E-state index contributed by atoms with van der Waals surface area (Å²) in [4.78, 5) is 4.09. The molecule has 4 aromatic rings. The highest BCUT2D eigenvalue weighted by Gasteiger charge is 2.19. The van der Waals surface area contributed by atoms with Crippen LogP contribution >= 0.6 is 0 Å². The Labute approximate surface area is 162 Å². The van der Waals surface area contributed by atoms with Gasteiger partial charge in [0.25, 0.3) is 0 Å². The zero-order chi connectivity index (χ0) is 19.7. The van der Waals surface area contributed by atoms with E-state index in [1.807, 2.05) is 47.9 Å². The van der Waals surface area contributed by atoms with Crippen LogP contribution in [0.2, 0.25) is 0 Å². The van der Waals surface area contributed by atoms with Crippen molar-refractivity contribution < 1.29 is 14.2 Å². The van der Waals surface area contributed by atoms with Crippen molar-refractivity contribution in [3.05, 3.63) is 83.6 Å². The lowest BCUT2D eigenvalue weighted by molar-refractivity contribution is 0.272. The average Bonchev–Trinajstić information content (AvgIpc) is 3.03. The van der Waals surface area contributed by atoms with Crippen molar-refractivity contribution in [2.75, 3.05) is 7.11 Å². The maximum Gasteiger partial charge on any atom is 0.128 e. The van der Waals surface area contributed by atoms with E-state index in [9.17, 15) is 9.50 Å². The molecule has 5 heteroatoms. The van der Waals surface area contributed by atoms with E-state index in [1.54, 1.807) is 25.6 Å². The summed E-state index contributed by atoms with van der Waals surface area (Å²) in [7, 11) is 1.62. The fourth-order valence-electron chi connectivity index (χ4n) is 3.65. The number of nitrogens with zero attached hydrogens (tertiary/aromatic N) is 2. The van der Waals surface area contributed by atoms with E-state index >= 15 is 0 Å². The molecule has 2 heterocycles. The smallest absolute Gasteiger partial charge is 0.128 e. The Hall–Kier alpha value is -3.18. The number of aliphatic hydroxyl groups excluding tert-OH is 1. The Morgan fingerprint density at radius 1 is 1.07 bits per heavy atom. The number of pyridine rings is 1. The fourth-order valence-corrected chi connectivity index (χ4v) is 3.65. The lowest BCUT2D eigenvalue weighted by Crippen LogP contribution is -2.07. The third kappa shape index (κ3) is 3.14. The molecule has 0 spiro atoms. The molecule has 0 amide bonds. The van der Waals surface area contributed by atoms with E-state index in [2.05, 4.69) is 4.98 Å². The largest absolute Gasteiger partial charge is 0.497 e. The first-order valence-electron chi connectivity index (χ1n) is 9.07. The van der Waals surface area contributed by atoms with Crippen LogP contribution in [0, 0.1) is 12.7 Å². The Morgan fingerprint density at radius 2 is 1.86 bits per heavy atom. The Bertz CT molecular complexity index is 1140. The third-order valence-corrected chi connectivity index (χ3v) is 5.03. The predicted octanol–water partition coefficient (Wildman–Crippen LogP) is 4.70. The minimum absolute atomic E-state index is 0.165. The van der Waals surface area contributed by atoms with E-state index in [-0.39, 0.29) is 12.4 Å². The molecule has 0 fully saturated rings. The van der Waals surface area contributed by atoms with Gasteiger partial charge < -0.3 is 14.4 Å². The van der Waals surface area contributed by atoms with Crippen molar-refractivity contribution in [1.29, 1.82) is 0 Å². The van der Waals surface area contributed by atoms with E-state index in [0.29, 0.717) is 12.1 Å². The number of hydrogen-bond donors (Lipinski definition) is 1. The van der Waals surface area contributed by atoms with E-state index in [1.165, 1.54) is 6.07 Å². The van der Waals surface area contributed by atoms with E-state index < -0.39 is 0 Å². The van der Waals surface area contributed by atoms with E-state index in [0.717, 1.165) is 39.0 Å². The molecule has 0 aliphatic carbocycles. The highest BCUT2D eigenvalue weighted by atomic mass is 19.1. The number of aryl methyl sites for hydroxylation is 1. The van der Waals surface area contributed by atoms with Gasteiger partial charge in [-0.25, -0.2) is 4.39 Å². The molecule has 142 valence electrons. The minimum atomic E-state index is -0.246. The molecule has 2 aromatic heterocycles. The molecule has 1 N–H and O–H groups in total. The second-order valence-corrected chi connectivity index (χ2v) is 6.78. The number of aliphatic hydroxyl groups is 1. The quantitative estimate of drug-likeness (QED) is 0.549. The van der Waals surface area contributed by atoms with Crippen LogP contribution in [0.4, 0.5) is 4.39 Å². The van der Waals surface area contributed by atoms with Gasteiger partial charge in [0.1, 0.15) is 11.6 Å². The molecule has 4 rings (SSSR count). The van der Waals surface area contributed by atoms with Crippen LogP contribution in [0.15, 0.2) is 60.9 Å². The van der Waals surface area contributed by atoms with Gasteiger partial charge in [0.2, 0.25) is 0 Å². The normalized spacial score (nSPS) is 11.1. The number of fused-ring (bicyclic) bond motifs is 1. The number of ether oxygens (including phenoxy) is 1. The Balaban J connectivity index is 1.98. The molecular weight excluding hydrogens is 355 g/mol. The third-order valence-electron chi connectivity index (χ3n) is 5.03. The molecule has 4 nitrogen and oxygen atoms in total. The maximum absolute atomic E-state index is 14.5. The summed E-state index contributed by atoms with van der Waals surface area (Å²) in [6.45, 7) is 2.03. The first-order valence-corrected chi connectivity index (χ1v) is 9.07. The second-order valence-electron chi connectivity index (χ2n) is 6.78. The van der Waals surface area contributed by atoms with Crippen LogP contribution in [-0.4, -0.2) is 21.8 Å². The Morgan fingerprint density at radius 3 is 2.54 bits per heavy atom. The lowest BCUT2D eigenvalue weighted by Gasteiger charge is -2.12. The number of halogens is 1. The summed E-state index contributed by atoms with van der Waals surface area (Å²) in [5.74, 6) is 0.482. The fraction of sp³-hybridized carbons (Fsp3) is 0.174. The van der Waals surface area contributed by atoms with Crippen molar-refractivity contribution >= 4 is 10.9 Å². The summed E-state index contributed by atoms with van der Waals surface area (Å²) in [5.41, 5.74) is 4.95. The molecule has 0 bridgehead atoms. The zero-order valence-electron chi connectivity index (χ0n) is 15.8. The standard InChI is InChI=1S/C23H21FN2O2/c1-15-3-4-17(20(24)11-15)13-26-21-6-5-18(28-2)12-19(21)23(22(26)14-27)16-7-9-25-10-8-16/h3-12,27H,13-14H2,1-2H3. The number of rotatable bonds is 5.